The summed E-state index contributed by atoms with van der Waals surface area (Å²) in [6.07, 6.45) is 4.92. The number of aryl methyl sites for hydroxylation is 1. The standard InChI is InChI=1S/C11H20N4O2S/c1-2-14-8-11(13-9-14)18(16,17)15-6-4-10(7-15)3-5-12/h8-10H,2-7,12H2,1H3. The number of sulfonamides is 1. The molecule has 0 saturated carbocycles. The fraction of sp³-hybridized carbons (Fsp3) is 0.727. The lowest BCUT2D eigenvalue weighted by Crippen LogP contribution is -2.29. The van der Waals surface area contributed by atoms with Gasteiger partial charge in [0.2, 0.25) is 0 Å². The zero-order valence-electron chi connectivity index (χ0n) is 10.6. The molecule has 6 nitrogen and oxygen atoms in total. The first kappa shape index (κ1) is 13.5. The van der Waals surface area contributed by atoms with E-state index in [2.05, 4.69) is 4.98 Å². The van der Waals surface area contributed by atoms with Crippen molar-refractivity contribution in [1.29, 1.82) is 0 Å². The number of nitrogens with two attached hydrogens (primary N) is 1. The average Bonchev–Trinajstić information content (AvgIpc) is 2.98. The van der Waals surface area contributed by atoms with Crippen LogP contribution in [0.1, 0.15) is 19.8 Å². The van der Waals surface area contributed by atoms with E-state index in [0.29, 0.717) is 25.6 Å². The highest BCUT2D eigenvalue weighted by Crippen LogP contribution is 2.24. The second-order valence-corrected chi connectivity index (χ2v) is 6.52. The Morgan fingerprint density at radius 2 is 2.33 bits per heavy atom. The fourth-order valence-corrected chi connectivity index (χ4v) is 3.73. The van der Waals surface area contributed by atoms with Crippen molar-refractivity contribution in [3.63, 3.8) is 0 Å². The van der Waals surface area contributed by atoms with Gasteiger partial charge in [-0.2, -0.15) is 4.31 Å². The highest BCUT2D eigenvalue weighted by Gasteiger charge is 2.33. The van der Waals surface area contributed by atoms with E-state index in [-0.39, 0.29) is 5.03 Å². The molecule has 1 aliphatic heterocycles. The molecule has 1 aromatic rings. The monoisotopic (exact) mass is 272 g/mol. The molecule has 1 aliphatic rings. The first-order chi connectivity index (χ1) is 8.57. The van der Waals surface area contributed by atoms with E-state index >= 15 is 0 Å². The van der Waals surface area contributed by atoms with Crippen molar-refractivity contribution < 1.29 is 8.42 Å². The summed E-state index contributed by atoms with van der Waals surface area (Å²) in [6, 6.07) is 0. The summed E-state index contributed by atoms with van der Waals surface area (Å²) in [4.78, 5) is 3.98. The summed E-state index contributed by atoms with van der Waals surface area (Å²) in [7, 11) is -3.42. The Morgan fingerprint density at radius 3 is 2.94 bits per heavy atom. The number of hydrogen-bond donors (Lipinski definition) is 1. The van der Waals surface area contributed by atoms with E-state index in [1.807, 2.05) is 6.92 Å². The molecule has 1 atom stereocenters. The number of aromatic nitrogens is 2. The van der Waals surface area contributed by atoms with E-state index in [1.54, 1.807) is 17.1 Å². The van der Waals surface area contributed by atoms with Crippen LogP contribution in [0.2, 0.25) is 0 Å². The second-order valence-electron chi connectivity index (χ2n) is 4.64. The molecule has 2 rings (SSSR count). The lowest BCUT2D eigenvalue weighted by Gasteiger charge is -2.14. The van der Waals surface area contributed by atoms with Gasteiger partial charge in [-0.3, -0.25) is 0 Å². The van der Waals surface area contributed by atoms with Gasteiger partial charge in [-0.05, 0) is 32.2 Å². The van der Waals surface area contributed by atoms with Crippen LogP contribution in [0.3, 0.4) is 0 Å². The van der Waals surface area contributed by atoms with Crippen LogP contribution >= 0.6 is 0 Å². The number of rotatable bonds is 5. The summed E-state index contributed by atoms with van der Waals surface area (Å²) in [5.74, 6) is 0.387. The molecule has 0 spiro atoms. The molecule has 0 bridgehead atoms. The van der Waals surface area contributed by atoms with Crippen LogP contribution in [0.15, 0.2) is 17.6 Å². The minimum Gasteiger partial charge on any atom is -0.336 e. The van der Waals surface area contributed by atoms with E-state index in [1.165, 1.54) is 4.31 Å². The fourth-order valence-electron chi connectivity index (χ4n) is 2.26. The average molecular weight is 272 g/mol. The van der Waals surface area contributed by atoms with Gasteiger partial charge in [-0.15, -0.1) is 0 Å². The van der Waals surface area contributed by atoms with Crippen LogP contribution < -0.4 is 5.73 Å². The maximum Gasteiger partial charge on any atom is 0.262 e. The highest BCUT2D eigenvalue weighted by atomic mass is 32.2. The van der Waals surface area contributed by atoms with Crippen molar-refractivity contribution in [1.82, 2.24) is 13.9 Å². The molecule has 0 amide bonds. The highest BCUT2D eigenvalue weighted by molar-refractivity contribution is 7.89. The summed E-state index contributed by atoms with van der Waals surface area (Å²) in [5.41, 5.74) is 5.51. The van der Waals surface area contributed by atoms with Crippen LogP contribution in [0.5, 0.6) is 0 Å². The van der Waals surface area contributed by atoms with Crippen LogP contribution in [0.25, 0.3) is 0 Å². The zero-order valence-corrected chi connectivity index (χ0v) is 11.4. The molecule has 18 heavy (non-hydrogen) atoms. The van der Waals surface area contributed by atoms with Crippen molar-refractivity contribution in [3.8, 4) is 0 Å². The molecule has 1 aromatic heterocycles. The zero-order chi connectivity index (χ0) is 13.2. The summed E-state index contributed by atoms with van der Waals surface area (Å²) >= 11 is 0. The predicted octanol–water partition coefficient (Wildman–Crippen LogP) is 0.262. The Bertz CT molecular complexity index is 497. The van der Waals surface area contributed by atoms with E-state index in [0.717, 1.165) is 19.4 Å². The smallest absolute Gasteiger partial charge is 0.262 e. The van der Waals surface area contributed by atoms with Crippen molar-refractivity contribution in [2.45, 2.75) is 31.3 Å². The summed E-state index contributed by atoms with van der Waals surface area (Å²) < 4.78 is 28.0. The predicted molar refractivity (Wildman–Crippen MR) is 68.4 cm³/mol. The van der Waals surface area contributed by atoms with Gasteiger partial charge in [0.05, 0.1) is 6.33 Å². The maximum absolute atomic E-state index is 12.3. The lowest BCUT2D eigenvalue weighted by atomic mass is 10.1. The third-order valence-electron chi connectivity index (χ3n) is 3.40. The second kappa shape index (κ2) is 5.38. The maximum atomic E-state index is 12.3. The van der Waals surface area contributed by atoms with E-state index < -0.39 is 10.0 Å². The van der Waals surface area contributed by atoms with Gasteiger partial charge in [0.25, 0.3) is 10.0 Å². The number of hydrogen-bond acceptors (Lipinski definition) is 4. The molecule has 1 saturated heterocycles. The molecule has 2 N–H and O–H groups in total. The summed E-state index contributed by atoms with van der Waals surface area (Å²) in [6.45, 7) is 4.43. The minimum absolute atomic E-state index is 0.151. The third-order valence-corrected chi connectivity index (χ3v) is 5.15. The Kier molecular flexibility index (Phi) is 4.04. The van der Waals surface area contributed by atoms with Gasteiger partial charge in [0.15, 0.2) is 5.03 Å². The molecule has 1 fully saturated rings. The van der Waals surface area contributed by atoms with Crippen LogP contribution in [0, 0.1) is 5.92 Å². The van der Waals surface area contributed by atoms with Crippen LogP contribution in [-0.2, 0) is 16.6 Å². The molecule has 2 heterocycles. The normalized spacial score (nSPS) is 21.6. The summed E-state index contributed by atoms with van der Waals surface area (Å²) in [5, 5.41) is 0.151. The van der Waals surface area contributed by atoms with Crippen molar-refractivity contribution >= 4 is 10.0 Å². The van der Waals surface area contributed by atoms with Crippen molar-refractivity contribution in [3.05, 3.63) is 12.5 Å². The number of imidazole rings is 1. The van der Waals surface area contributed by atoms with Crippen LogP contribution in [0.4, 0.5) is 0 Å². The van der Waals surface area contributed by atoms with Crippen molar-refractivity contribution in [2.24, 2.45) is 11.7 Å². The molecule has 102 valence electrons. The number of nitrogens with zero attached hydrogens (tertiary/aromatic N) is 3. The van der Waals surface area contributed by atoms with Gasteiger partial charge in [0.1, 0.15) is 0 Å². The topological polar surface area (TPSA) is 81.2 Å². The Balaban J connectivity index is 2.12. The molecule has 0 aliphatic carbocycles. The third kappa shape index (κ3) is 2.57. The van der Waals surface area contributed by atoms with E-state index in [4.69, 9.17) is 5.73 Å². The van der Waals surface area contributed by atoms with Crippen molar-refractivity contribution in [2.75, 3.05) is 19.6 Å². The van der Waals surface area contributed by atoms with Gasteiger partial charge < -0.3 is 10.3 Å². The Morgan fingerprint density at radius 1 is 1.56 bits per heavy atom. The van der Waals surface area contributed by atoms with Gasteiger partial charge >= 0.3 is 0 Å². The molecule has 7 heteroatoms. The molecule has 0 aromatic carbocycles. The van der Waals surface area contributed by atoms with Gasteiger partial charge in [0, 0.05) is 25.8 Å². The quantitative estimate of drug-likeness (QED) is 0.834. The lowest BCUT2D eigenvalue weighted by molar-refractivity contribution is 0.447. The first-order valence-electron chi connectivity index (χ1n) is 6.30. The molecule has 1 unspecified atom stereocenters. The van der Waals surface area contributed by atoms with Gasteiger partial charge in [-0.1, -0.05) is 0 Å². The SMILES string of the molecule is CCn1cnc(S(=O)(=O)N2CCC(CCN)C2)c1. The largest absolute Gasteiger partial charge is 0.336 e. The van der Waals surface area contributed by atoms with Crippen LogP contribution in [-0.4, -0.2) is 41.9 Å². The first-order valence-corrected chi connectivity index (χ1v) is 7.74. The molecule has 0 radical (unpaired) electrons. The minimum atomic E-state index is -3.42. The van der Waals surface area contributed by atoms with E-state index in [9.17, 15) is 8.42 Å². The van der Waals surface area contributed by atoms with Gasteiger partial charge in [-0.25, -0.2) is 13.4 Å². The Hall–Kier alpha value is -0.920. The molecular formula is C11H20N4O2S. The molecular weight excluding hydrogens is 252 g/mol. The Labute approximate surface area is 108 Å².